The number of carbonyl (C=O) groups is 2. The Bertz CT molecular complexity index is 393. The van der Waals surface area contributed by atoms with Gasteiger partial charge in [-0.25, -0.2) is 0 Å². The zero-order valence-electron chi connectivity index (χ0n) is 15.2. The lowest BCUT2D eigenvalue weighted by atomic mass is 10.00. The SMILES string of the molecule is CCCCCCCNC(C(=O)N1CCCC1C(C)=O)C(C)(C)S. The summed E-state index contributed by atoms with van der Waals surface area (Å²) in [4.78, 5) is 26.5. The molecular weight excluding hydrogens is 308 g/mol. The number of hydrogen-bond acceptors (Lipinski definition) is 4. The van der Waals surface area contributed by atoms with Crippen molar-refractivity contribution >= 4 is 24.3 Å². The molecule has 2 atom stereocenters. The van der Waals surface area contributed by atoms with Crippen molar-refractivity contribution in [2.45, 2.75) is 89.5 Å². The fraction of sp³-hybridized carbons (Fsp3) is 0.889. The maximum absolute atomic E-state index is 12.9. The minimum Gasteiger partial charge on any atom is -0.331 e. The lowest BCUT2D eigenvalue weighted by Gasteiger charge is -2.34. The highest BCUT2D eigenvalue weighted by Gasteiger charge is 2.40. The first-order valence-electron chi connectivity index (χ1n) is 9.05. The van der Waals surface area contributed by atoms with E-state index in [-0.39, 0.29) is 23.8 Å². The molecule has 1 saturated heterocycles. The third-order valence-corrected chi connectivity index (χ3v) is 4.85. The zero-order valence-corrected chi connectivity index (χ0v) is 16.1. The number of nitrogens with zero attached hydrogens (tertiary/aromatic N) is 1. The molecular formula is C18H34N2O2S. The van der Waals surface area contributed by atoms with Gasteiger partial charge in [0.1, 0.15) is 6.04 Å². The number of Topliss-reactive ketones (excluding diaryl/α,β-unsaturated/α-hetero) is 1. The van der Waals surface area contributed by atoms with E-state index in [9.17, 15) is 9.59 Å². The molecule has 0 aromatic heterocycles. The molecule has 1 amide bonds. The van der Waals surface area contributed by atoms with Crippen molar-refractivity contribution < 1.29 is 9.59 Å². The van der Waals surface area contributed by atoms with Crippen molar-refractivity contribution in [3.05, 3.63) is 0 Å². The molecule has 23 heavy (non-hydrogen) atoms. The van der Waals surface area contributed by atoms with Crippen LogP contribution in [-0.2, 0) is 9.59 Å². The van der Waals surface area contributed by atoms with Crippen LogP contribution >= 0.6 is 12.6 Å². The largest absolute Gasteiger partial charge is 0.331 e. The monoisotopic (exact) mass is 342 g/mol. The predicted octanol–water partition coefficient (Wildman–Crippen LogP) is 3.20. The Balaban J connectivity index is 2.60. The van der Waals surface area contributed by atoms with E-state index in [0.717, 1.165) is 25.8 Å². The molecule has 4 nitrogen and oxygen atoms in total. The number of hydrogen-bond donors (Lipinski definition) is 2. The van der Waals surface area contributed by atoms with Gasteiger partial charge in [-0.2, -0.15) is 12.6 Å². The maximum Gasteiger partial charge on any atom is 0.241 e. The predicted molar refractivity (Wildman–Crippen MR) is 99.0 cm³/mol. The van der Waals surface area contributed by atoms with Crippen LogP contribution in [0.1, 0.15) is 72.6 Å². The average molecular weight is 343 g/mol. The summed E-state index contributed by atoms with van der Waals surface area (Å²) in [6, 6.07) is -0.594. The van der Waals surface area contributed by atoms with E-state index in [1.807, 2.05) is 13.8 Å². The quantitative estimate of drug-likeness (QED) is 0.473. The van der Waals surface area contributed by atoms with Gasteiger partial charge in [-0.15, -0.1) is 0 Å². The molecule has 5 heteroatoms. The summed E-state index contributed by atoms with van der Waals surface area (Å²) in [5.74, 6) is 0.113. The lowest BCUT2D eigenvalue weighted by molar-refractivity contribution is -0.139. The number of thiol groups is 1. The second-order valence-corrected chi connectivity index (χ2v) is 8.41. The molecule has 0 radical (unpaired) electrons. The molecule has 1 fully saturated rings. The van der Waals surface area contributed by atoms with Crippen molar-refractivity contribution in [3.63, 3.8) is 0 Å². The highest BCUT2D eigenvalue weighted by molar-refractivity contribution is 7.81. The van der Waals surface area contributed by atoms with Gasteiger partial charge >= 0.3 is 0 Å². The van der Waals surface area contributed by atoms with Gasteiger partial charge in [-0.1, -0.05) is 32.6 Å². The third-order valence-electron chi connectivity index (χ3n) is 4.59. The van der Waals surface area contributed by atoms with Crippen LogP contribution < -0.4 is 5.32 Å². The van der Waals surface area contributed by atoms with Crippen molar-refractivity contribution in [3.8, 4) is 0 Å². The maximum atomic E-state index is 12.9. The highest BCUT2D eigenvalue weighted by atomic mass is 32.1. The van der Waals surface area contributed by atoms with Crippen LogP contribution in [0.25, 0.3) is 0 Å². The summed E-state index contributed by atoms with van der Waals surface area (Å²) >= 11 is 4.63. The minimum atomic E-state index is -0.454. The second kappa shape index (κ2) is 9.67. The molecule has 2 unspecified atom stereocenters. The van der Waals surface area contributed by atoms with E-state index in [2.05, 4.69) is 24.9 Å². The molecule has 1 aliphatic rings. The van der Waals surface area contributed by atoms with Crippen molar-refractivity contribution in [1.82, 2.24) is 10.2 Å². The Morgan fingerprint density at radius 1 is 1.26 bits per heavy atom. The number of amides is 1. The van der Waals surface area contributed by atoms with E-state index in [1.165, 1.54) is 25.7 Å². The summed E-state index contributed by atoms with van der Waals surface area (Å²) in [6.45, 7) is 9.21. The van der Waals surface area contributed by atoms with Gasteiger partial charge in [-0.05, 0) is 46.6 Å². The molecule has 0 bridgehead atoms. The van der Waals surface area contributed by atoms with E-state index >= 15 is 0 Å². The summed E-state index contributed by atoms with van der Waals surface area (Å²) in [6.07, 6.45) is 7.72. The summed E-state index contributed by atoms with van der Waals surface area (Å²) in [7, 11) is 0. The molecule has 0 aromatic rings. The van der Waals surface area contributed by atoms with Gasteiger partial charge in [0.05, 0.1) is 6.04 Å². The number of ketones is 1. The Morgan fingerprint density at radius 2 is 1.91 bits per heavy atom. The molecule has 1 rings (SSSR count). The number of carbonyl (C=O) groups excluding carboxylic acids is 2. The highest BCUT2D eigenvalue weighted by Crippen LogP contribution is 2.25. The fourth-order valence-corrected chi connectivity index (χ4v) is 3.43. The average Bonchev–Trinajstić information content (AvgIpc) is 2.94. The Labute approximate surface area is 147 Å². The minimum absolute atomic E-state index is 0.0243. The molecule has 0 saturated carbocycles. The van der Waals surface area contributed by atoms with Crippen molar-refractivity contribution in [1.29, 1.82) is 0 Å². The number of unbranched alkanes of at least 4 members (excludes halogenated alkanes) is 4. The fourth-order valence-electron chi connectivity index (χ4n) is 3.23. The lowest BCUT2D eigenvalue weighted by Crippen LogP contribution is -2.57. The van der Waals surface area contributed by atoms with E-state index in [0.29, 0.717) is 6.54 Å². The molecule has 1 aliphatic heterocycles. The number of rotatable bonds is 10. The Hall–Kier alpha value is -0.550. The first-order chi connectivity index (χ1) is 10.8. The molecule has 0 aromatic carbocycles. The summed E-state index contributed by atoms with van der Waals surface area (Å²) < 4.78 is -0.454. The summed E-state index contributed by atoms with van der Waals surface area (Å²) in [5.41, 5.74) is 0. The molecule has 0 aliphatic carbocycles. The van der Waals surface area contributed by atoms with Crippen molar-refractivity contribution in [2.75, 3.05) is 13.1 Å². The summed E-state index contributed by atoms with van der Waals surface area (Å²) in [5, 5.41) is 3.39. The van der Waals surface area contributed by atoms with Gasteiger partial charge in [0.25, 0.3) is 0 Å². The van der Waals surface area contributed by atoms with Gasteiger partial charge in [-0.3, -0.25) is 9.59 Å². The first kappa shape index (κ1) is 20.5. The molecule has 134 valence electrons. The topological polar surface area (TPSA) is 49.4 Å². The Morgan fingerprint density at radius 3 is 2.48 bits per heavy atom. The zero-order chi connectivity index (χ0) is 17.5. The number of likely N-dealkylation sites (tertiary alicyclic amines) is 1. The smallest absolute Gasteiger partial charge is 0.241 e. The van der Waals surface area contributed by atoms with E-state index in [4.69, 9.17) is 0 Å². The van der Waals surface area contributed by atoms with Crippen LogP contribution in [0.5, 0.6) is 0 Å². The first-order valence-corrected chi connectivity index (χ1v) is 9.50. The van der Waals surface area contributed by atoms with Crippen LogP contribution in [0.15, 0.2) is 0 Å². The van der Waals surface area contributed by atoms with Crippen LogP contribution in [0.4, 0.5) is 0 Å². The third kappa shape index (κ3) is 6.46. The van der Waals surface area contributed by atoms with Gasteiger partial charge in [0.15, 0.2) is 5.78 Å². The van der Waals surface area contributed by atoms with E-state index in [1.54, 1.807) is 11.8 Å². The Kier molecular flexibility index (Phi) is 8.62. The van der Waals surface area contributed by atoms with Gasteiger partial charge in [0, 0.05) is 11.3 Å². The molecule has 1 N–H and O–H groups in total. The number of nitrogens with one attached hydrogen (secondary N) is 1. The van der Waals surface area contributed by atoms with E-state index < -0.39 is 4.75 Å². The van der Waals surface area contributed by atoms with Crippen LogP contribution in [0, 0.1) is 0 Å². The van der Waals surface area contributed by atoms with Crippen molar-refractivity contribution in [2.24, 2.45) is 0 Å². The standard InChI is InChI=1S/C18H34N2O2S/c1-5-6-7-8-9-12-19-16(18(3,4)23)17(22)20-13-10-11-15(20)14(2)21/h15-16,19,23H,5-13H2,1-4H3. The normalized spacial score (nSPS) is 19.9. The van der Waals surface area contributed by atoms with Gasteiger partial charge in [0.2, 0.25) is 5.91 Å². The molecule has 1 heterocycles. The molecule has 0 spiro atoms. The van der Waals surface area contributed by atoms with Crippen LogP contribution in [-0.4, -0.2) is 46.5 Å². The second-order valence-electron chi connectivity index (χ2n) is 7.26. The van der Waals surface area contributed by atoms with Crippen LogP contribution in [0.2, 0.25) is 0 Å². The van der Waals surface area contributed by atoms with Gasteiger partial charge < -0.3 is 10.2 Å². The van der Waals surface area contributed by atoms with Crippen LogP contribution in [0.3, 0.4) is 0 Å².